The summed E-state index contributed by atoms with van der Waals surface area (Å²) < 4.78 is 5.20. The van der Waals surface area contributed by atoms with Gasteiger partial charge in [0.05, 0.1) is 0 Å². The normalized spacial score (nSPS) is 9.29. The van der Waals surface area contributed by atoms with Crippen molar-refractivity contribution in [3.63, 3.8) is 0 Å². The molecule has 1 rings (SSSR count). The Morgan fingerprint density at radius 1 is 1.50 bits per heavy atom. The van der Waals surface area contributed by atoms with E-state index in [4.69, 9.17) is 9.76 Å². The molecule has 0 unspecified atom stereocenters. The van der Waals surface area contributed by atoms with Gasteiger partial charge in [0.25, 0.3) is 0 Å². The fraction of sp³-hybridized carbons (Fsp3) is 0.222. The van der Waals surface area contributed by atoms with Gasteiger partial charge < -0.3 is 15.1 Å². The molecule has 74 valence electrons. The van der Waals surface area contributed by atoms with Crippen molar-refractivity contribution >= 4 is 18.9 Å². The van der Waals surface area contributed by atoms with Crippen molar-refractivity contribution in [1.82, 2.24) is 5.32 Å². The molecule has 0 heterocycles. The highest BCUT2D eigenvalue weighted by Crippen LogP contribution is 2.05. The van der Waals surface area contributed by atoms with Crippen LogP contribution in [0, 0.1) is 0 Å². The molecule has 0 saturated carbocycles. The molecule has 0 atom stereocenters. The van der Waals surface area contributed by atoms with Crippen LogP contribution in [0.5, 0.6) is 5.75 Å². The van der Waals surface area contributed by atoms with Crippen LogP contribution in [0.2, 0.25) is 0 Å². The maximum Gasteiger partial charge on any atom is 0.304 e. The van der Waals surface area contributed by atoms with Crippen LogP contribution in [0.15, 0.2) is 24.3 Å². The third kappa shape index (κ3) is 3.49. The number of rotatable bonds is 4. The second-order valence-electron chi connectivity index (χ2n) is 2.82. The third-order valence-corrected chi connectivity index (χ3v) is 1.67. The Balaban J connectivity index is 2.40. The lowest BCUT2D eigenvalue weighted by Crippen LogP contribution is -2.25. The Kier molecular flexibility index (Phi) is 4.00. The number of carbonyl (C=O) groups is 1. The quantitative estimate of drug-likeness (QED) is 0.482. The van der Waals surface area contributed by atoms with E-state index in [1.165, 1.54) is 6.92 Å². The lowest BCUT2D eigenvalue weighted by Gasteiger charge is -2.06. The van der Waals surface area contributed by atoms with E-state index < -0.39 is 0 Å². The topological polar surface area (TPSA) is 58.6 Å². The number of hydrogen-bond acceptors (Lipinski definition) is 3. The van der Waals surface area contributed by atoms with E-state index in [1.807, 2.05) is 0 Å². The summed E-state index contributed by atoms with van der Waals surface area (Å²) in [5.74, 6) is 0.535. The average Bonchev–Trinajstić information content (AvgIpc) is 2.18. The zero-order valence-corrected chi connectivity index (χ0v) is 7.99. The maximum atomic E-state index is 10.5. The molecular weight excluding hydrogens is 181 g/mol. The summed E-state index contributed by atoms with van der Waals surface area (Å²) in [4.78, 5) is 10.5. The highest BCUT2D eigenvalue weighted by molar-refractivity contribution is 6.45. The van der Waals surface area contributed by atoms with Crippen molar-refractivity contribution in [3.8, 4) is 5.75 Å². The Bertz CT molecular complexity index is 299. The predicted molar refractivity (Wildman–Crippen MR) is 54.8 cm³/mol. The van der Waals surface area contributed by atoms with Crippen LogP contribution >= 0.6 is 0 Å². The zero-order valence-electron chi connectivity index (χ0n) is 7.99. The van der Waals surface area contributed by atoms with Crippen LogP contribution in [0.25, 0.3) is 0 Å². The lowest BCUT2D eigenvalue weighted by molar-refractivity contribution is -0.119. The Morgan fingerprint density at radius 2 is 2.14 bits per heavy atom. The number of hydrogen-bond donors (Lipinski definition) is 2. The first kappa shape index (κ1) is 10.6. The average molecular weight is 193 g/mol. The lowest BCUT2D eigenvalue weighted by atomic mass is 9.89. The van der Waals surface area contributed by atoms with Gasteiger partial charge in [-0.15, -0.1) is 0 Å². The van der Waals surface area contributed by atoms with Crippen LogP contribution in [0.4, 0.5) is 0 Å². The molecule has 0 aliphatic carbocycles. The first-order valence-corrected chi connectivity index (χ1v) is 4.29. The molecule has 14 heavy (non-hydrogen) atoms. The van der Waals surface area contributed by atoms with Gasteiger partial charge in [0.2, 0.25) is 5.91 Å². The number of benzene rings is 1. The van der Waals surface area contributed by atoms with E-state index in [9.17, 15) is 4.79 Å². The molecule has 0 aliphatic heterocycles. The van der Waals surface area contributed by atoms with Gasteiger partial charge in [0.15, 0.2) is 6.73 Å². The van der Waals surface area contributed by atoms with Crippen LogP contribution < -0.4 is 15.5 Å². The summed E-state index contributed by atoms with van der Waals surface area (Å²) in [5, 5.41) is 11.3. The highest BCUT2D eigenvalue weighted by Gasteiger charge is 1.95. The molecule has 0 radical (unpaired) electrons. The van der Waals surface area contributed by atoms with Gasteiger partial charge >= 0.3 is 7.48 Å². The predicted octanol–water partition coefficient (Wildman–Crippen LogP) is -0.872. The van der Waals surface area contributed by atoms with Crippen molar-refractivity contribution < 1.29 is 14.6 Å². The second-order valence-corrected chi connectivity index (χ2v) is 2.82. The fourth-order valence-electron chi connectivity index (χ4n) is 0.912. The van der Waals surface area contributed by atoms with E-state index >= 15 is 0 Å². The SMILES string of the molecule is CC(=O)NCOc1ccc(BO)cc1. The van der Waals surface area contributed by atoms with Crippen molar-refractivity contribution in [2.75, 3.05) is 6.73 Å². The summed E-state index contributed by atoms with van der Waals surface area (Å²) in [6, 6.07) is 7.02. The first-order valence-electron chi connectivity index (χ1n) is 4.29. The molecule has 0 bridgehead atoms. The van der Waals surface area contributed by atoms with Crippen molar-refractivity contribution in [1.29, 1.82) is 0 Å². The minimum absolute atomic E-state index is 0.0198. The molecule has 1 amide bonds. The minimum Gasteiger partial charge on any atom is -0.473 e. The van der Waals surface area contributed by atoms with Gasteiger partial charge in [0, 0.05) is 6.92 Å². The standard InChI is InChI=1S/C9H12BNO3/c1-7(12)11-6-14-9-4-2-8(10-13)3-5-9/h2-5,10,13H,6H2,1H3,(H,11,12). The van der Waals surface area contributed by atoms with Gasteiger partial charge in [-0.2, -0.15) is 0 Å². The molecule has 1 aromatic carbocycles. The number of ether oxygens (including phenoxy) is 1. The monoisotopic (exact) mass is 193 g/mol. The molecule has 2 N–H and O–H groups in total. The van der Waals surface area contributed by atoms with E-state index in [0.29, 0.717) is 5.75 Å². The van der Waals surface area contributed by atoms with Crippen molar-refractivity contribution in [2.24, 2.45) is 0 Å². The molecular formula is C9H12BNO3. The van der Waals surface area contributed by atoms with Crippen LogP contribution in [0.1, 0.15) is 6.92 Å². The largest absolute Gasteiger partial charge is 0.473 e. The zero-order chi connectivity index (χ0) is 10.4. The number of nitrogens with one attached hydrogen (secondary N) is 1. The molecule has 0 spiro atoms. The van der Waals surface area contributed by atoms with E-state index in [-0.39, 0.29) is 20.1 Å². The Hall–Kier alpha value is -1.49. The van der Waals surface area contributed by atoms with Gasteiger partial charge in [-0.3, -0.25) is 4.79 Å². The smallest absolute Gasteiger partial charge is 0.304 e. The summed E-state index contributed by atoms with van der Waals surface area (Å²) in [5.41, 5.74) is 0.830. The number of amides is 1. The van der Waals surface area contributed by atoms with Crippen LogP contribution in [-0.2, 0) is 4.79 Å². The summed E-state index contributed by atoms with van der Waals surface area (Å²) in [7, 11) is 0.0198. The summed E-state index contributed by atoms with van der Waals surface area (Å²) >= 11 is 0. The molecule has 1 aromatic rings. The summed E-state index contributed by atoms with van der Waals surface area (Å²) in [6.07, 6.45) is 0. The minimum atomic E-state index is -0.128. The third-order valence-electron chi connectivity index (χ3n) is 1.67. The second kappa shape index (κ2) is 5.29. The fourth-order valence-corrected chi connectivity index (χ4v) is 0.912. The molecule has 0 aromatic heterocycles. The van der Waals surface area contributed by atoms with Crippen LogP contribution in [-0.4, -0.2) is 25.1 Å². The van der Waals surface area contributed by atoms with Gasteiger partial charge in [-0.25, -0.2) is 0 Å². The molecule has 5 heteroatoms. The molecule has 4 nitrogen and oxygen atoms in total. The first-order chi connectivity index (χ1) is 6.72. The van der Waals surface area contributed by atoms with E-state index in [0.717, 1.165) is 5.46 Å². The van der Waals surface area contributed by atoms with Gasteiger partial charge in [-0.05, 0) is 12.1 Å². The van der Waals surface area contributed by atoms with Crippen molar-refractivity contribution in [3.05, 3.63) is 24.3 Å². The maximum absolute atomic E-state index is 10.5. The van der Waals surface area contributed by atoms with Crippen molar-refractivity contribution in [2.45, 2.75) is 6.92 Å². The Morgan fingerprint density at radius 3 is 2.64 bits per heavy atom. The van der Waals surface area contributed by atoms with Crippen LogP contribution in [0.3, 0.4) is 0 Å². The van der Waals surface area contributed by atoms with E-state index in [2.05, 4.69) is 5.32 Å². The summed E-state index contributed by atoms with van der Waals surface area (Å²) in [6.45, 7) is 1.59. The number of carbonyl (C=O) groups excluding carboxylic acids is 1. The molecule has 0 aliphatic rings. The van der Waals surface area contributed by atoms with Gasteiger partial charge in [0.1, 0.15) is 5.75 Å². The molecule has 0 fully saturated rings. The molecule has 0 saturated heterocycles. The Labute approximate surface area is 83.2 Å². The van der Waals surface area contributed by atoms with Gasteiger partial charge in [-0.1, -0.05) is 17.6 Å². The highest BCUT2D eigenvalue weighted by atomic mass is 16.5. The van der Waals surface area contributed by atoms with E-state index in [1.54, 1.807) is 24.3 Å².